The number of hydrogen-bond donors (Lipinski definition) is 1. The van der Waals surface area contributed by atoms with Gasteiger partial charge < -0.3 is 15.0 Å². The molecule has 4 rings (SSSR count). The lowest BCUT2D eigenvalue weighted by molar-refractivity contribution is -0.137. The molecule has 2 aromatic rings. The van der Waals surface area contributed by atoms with E-state index < -0.39 is 17.6 Å². The van der Waals surface area contributed by atoms with Crippen molar-refractivity contribution in [1.29, 1.82) is 0 Å². The van der Waals surface area contributed by atoms with Crippen LogP contribution in [0, 0.1) is 0 Å². The molecule has 180 valence electrons. The van der Waals surface area contributed by atoms with Crippen LogP contribution in [0.3, 0.4) is 0 Å². The number of anilines is 2. The summed E-state index contributed by atoms with van der Waals surface area (Å²) in [5.74, 6) is -0.286. The molecule has 0 aromatic heterocycles. The summed E-state index contributed by atoms with van der Waals surface area (Å²) in [7, 11) is 1.70. The Morgan fingerprint density at radius 1 is 1.18 bits per heavy atom. The molecule has 2 aliphatic rings. The van der Waals surface area contributed by atoms with Crippen LogP contribution in [-0.4, -0.2) is 36.5 Å². The Balaban J connectivity index is 1.57. The van der Waals surface area contributed by atoms with Crippen molar-refractivity contribution in [3.63, 3.8) is 0 Å². The molecule has 3 amide bonds. The molecule has 34 heavy (non-hydrogen) atoms. The van der Waals surface area contributed by atoms with Gasteiger partial charge >= 0.3 is 12.2 Å². The molecule has 0 saturated carbocycles. The third-order valence-electron chi connectivity index (χ3n) is 6.02. The lowest BCUT2D eigenvalue weighted by Gasteiger charge is -2.37. The molecule has 0 bridgehead atoms. The number of carbonyl (C=O) groups excluding carboxylic acids is 2. The maximum absolute atomic E-state index is 13.1. The van der Waals surface area contributed by atoms with E-state index in [1.54, 1.807) is 29.0 Å². The number of benzene rings is 2. The van der Waals surface area contributed by atoms with Gasteiger partial charge in [0.25, 0.3) is 0 Å². The summed E-state index contributed by atoms with van der Waals surface area (Å²) in [4.78, 5) is 28.7. The average Bonchev–Trinajstić information content (AvgIpc) is 2.97. The van der Waals surface area contributed by atoms with Crippen molar-refractivity contribution in [3.8, 4) is 5.75 Å². The lowest BCUT2D eigenvalue weighted by Crippen LogP contribution is -2.48. The van der Waals surface area contributed by atoms with Gasteiger partial charge in [0.05, 0.1) is 17.9 Å². The van der Waals surface area contributed by atoms with E-state index in [1.165, 1.54) is 12.1 Å². The van der Waals surface area contributed by atoms with E-state index in [0.29, 0.717) is 36.2 Å². The van der Waals surface area contributed by atoms with Crippen LogP contribution >= 0.6 is 0 Å². The third kappa shape index (κ3) is 4.73. The van der Waals surface area contributed by atoms with Crippen molar-refractivity contribution < 1.29 is 27.5 Å². The number of allylic oxidation sites excluding steroid dienone is 1. The number of hydrogen-bond acceptors (Lipinski definition) is 3. The molecule has 1 N–H and O–H groups in total. The first-order chi connectivity index (χ1) is 16.0. The minimum atomic E-state index is -4.47. The van der Waals surface area contributed by atoms with Crippen molar-refractivity contribution in [2.24, 2.45) is 0 Å². The third-order valence-corrected chi connectivity index (χ3v) is 6.02. The number of carbonyl (C=O) groups is 2. The Bertz CT molecular complexity index is 1160. The first kappa shape index (κ1) is 23.7. The minimum Gasteiger partial charge on any atom is -0.493 e. The summed E-state index contributed by atoms with van der Waals surface area (Å²) in [6.45, 7) is 4.68. The average molecular weight is 473 g/mol. The fourth-order valence-electron chi connectivity index (χ4n) is 4.19. The molecule has 0 fully saturated rings. The van der Waals surface area contributed by atoms with Crippen molar-refractivity contribution in [2.75, 3.05) is 23.9 Å². The molecule has 9 heteroatoms. The van der Waals surface area contributed by atoms with Gasteiger partial charge in [-0.2, -0.15) is 13.2 Å². The summed E-state index contributed by atoms with van der Waals surface area (Å²) in [5.41, 5.74) is 2.51. The first-order valence-electron chi connectivity index (χ1n) is 11.1. The fourth-order valence-corrected chi connectivity index (χ4v) is 4.19. The topological polar surface area (TPSA) is 61.9 Å². The Morgan fingerprint density at radius 3 is 2.65 bits per heavy atom. The molecule has 0 unspecified atom stereocenters. The number of ether oxygens (including phenoxy) is 1. The molecule has 2 aromatic carbocycles. The second kappa shape index (κ2) is 9.04. The number of alkyl halides is 3. The second-order valence-electron chi connectivity index (χ2n) is 8.73. The number of nitrogens with one attached hydrogen (secondary N) is 1. The molecule has 0 atom stereocenters. The fraction of sp³-hybridized carbons (Fsp3) is 0.360. The SMILES string of the molecule is CC(C)N1Cc2ccc(NC(=O)C=C3CCCOc4cc(C(F)(F)F)ccc43)cc2N(C)C1=O. The van der Waals surface area contributed by atoms with Crippen LogP contribution in [0.4, 0.5) is 29.3 Å². The van der Waals surface area contributed by atoms with E-state index in [1.807, 2.05) is 19.9 Å². The molecule has 0 saturated heterocycles. The summed E-state index contributed by atoms with van der Waals surface area (Å²) in [6, 6.07) is 8.68. The molecule has 0 radical (unpaired) electrons. The van der Waals surface area contributed by atoms with Crippen LogP contribution in [0.15, 0.2) is 42.5 Å². The highest BCUT2D eigenvalue weighted by Crippen LogP contribution is 2.38. The van der Waals surface area contributed by atoms with Gasteiger partial charge in [0, 0.05) is 37.0 Å². The maximum atomic E-state index is 13.1. The Hall–Kier alpha value is -3.49. The van der Waals surface area contributed by atoms with Gasteiger partial charge in [-0.05, 0) is 62.1 Å². The Kier molecular flexibility index (Phi) is 6.29. The number of fused-ring (bicyclic) bond motifs is 2. The zero-order valence-corrected chi connectivity index (χ0v) is 19.2. The molecule has 2 aliphatic heterocycles. The number of halogens is 3. The van der Waals surface area contributed by atoms with E-state index >= 15 is 0 Å². The summed E-state index contributed by atoms with van der Waals surface area (Å²) in [5, 5.41) is 2.81. The number of rotatable bonds is 3. The van der Waals surface area contributed by atoms with E-state index in [2.05, 4.69) is 5.32 Å². The highest BCUT2D eigenvalue weighted by molar-refractivity contribution is 6.05. The highest BCUT2D eigenvalue weighted by atomic mass is 19.4. The summed E-state index contributed by atoms with van der Waals surface area (Å²) < 4.78 is 44.8. The van der Waals surface area contributed by atoms with Gasteiger partial charge in [-0.25, -0.2) is 4.79 Å². The summed E-state index contributed by atoms with van der Waals surface area (Å²) in [6.07, 6.45) is -2.00. The Morgan fingerprint density at radius 2 is 1.94 bits per heavy atom. The standard InChI is InChI=1S/C25H26F3N3O3/c1-15(2)31-14-17-6-8-19(13-21(17)30(3)24(31)33)29-23(32)11-16-5-4-10-34-22-12-18(25(26,27)28)7-9-20(16)22/h6-9,11-13,15H,4-5,10,14H2,1-3H3,(H,29,32). The van der Waals surface area contributed by atoms with Crippen LogP contribution < -0.4 is 15.0 Å². The minimum absolute atomic E-state index is 0.0627. The van der Waals surface area contributed by atoms with Gasteiger partial charge in [0.15, 0.2) is 0 Å². The normalized spacial score (nSPS) is 17.3. The van der Waals surface area contributed by atoms with Crippen LogP contribution in [0.1, 0.15) is 43.4 Å². The molecule has 6 nitrogen and oxygen atoms in total. The predicted molar refractivity (Wildman–Crippen MR) is 124 cm³/mol. The monoisotopic (exact) mass is 473 g/mol. The highest BCUT2D eigenvalue weighted by Gasteiger charge is 2.32. The van der Waals surface area contributed by atoms with Gasteiger partial charge in [-0.1, -0.05) is 12.1 Å². The lowest BCUT2D eigenvalue weighted by atomic mass is 9.99. The van der Waals surface area contributed by atoms with E-state index in [0.717, 1.165) is 23.4 Å². The van der Waals surface area contributed by atoms with Crippen LogP contribution in [-0.2, 0) is 17.5 Å². The van der Waals surface area contributed by atoms with Crippen molar-refractivity contribution >= 4 is 28.9 Å². The molecular weight excluding hydrogens is 447 g/mol. The van der Waals surface area contributed by atoms with Gasteiger partial charge in [0.1, 0.15) is 5.75 Å². The number of urea groups is 1. The van der Waals surface area contributed by atoms with Gasteiger partial charge in [-0.3, -0.25) is 9.69 Å². The number of nitrogens with zero attached hydrogens (tertiary/aromatic N) is 2. The second-order valence-corrected chi connectivity index (χ2v) is 8.73. The number of amides is 3. The maximum Gasteiger partial charge on any atom is 0.416 e. The van der Waals surface area contributed by atoms with Crippen molar-refractivity contribution in [2.45, 2.75) is 45.5 Å². The largest absolute Gasteiger partial charge is 0.493 e. The van der Waals surface area contributed by atoms with Crippen molar-refractivity contribution in [3.05, 3.63) is 59.2 Å². The van der Waals surface area contributed by atoms with E-state index in [-0.39, 0.29) is 24.4 Å². The molecular formula is C25H26F3N3O3. The summed E-state index contributed by atoms with van der Waals surface area (Å²) >= 11 is 0. The van der Waals surface area contributed by atoms with E-state index in [9.17, 15) is 22.8 Å². The molecule has 0 spiro atoms. The van der Waals surface area contributed by atoms with Crippen LogP contribution in [0.5, 0.6) is 5.75 Å². The smallest absolute Gasteiger partial charge is 0.416 e. The van der Waals surface area contributed by atoms with Crippen LogP contribution in [0.2, 0.25) is 0 Å². The van der Waals surface area contributed by atoms with Crippen LogP contribution in [0.25, 0.3) is 5.57 Å². The zero-order chi connectivity index (χ0) is 24.6. The van der Waals surface area contributed by atoms with E-state index in [4.69, 9.17) is 4.74 Å². The van der Waals surface area contributed by atoms with Gasteiger partial charge in [0.2, 0.25) is 5.91 Å². The zero-order valence-electron chi connectivity index (χ0n) is 19.2. The predicted octanol–water partition coefficient (Wildman–Crippen LogP) is 5.68. The molecule has 0 aliphatic carbocycles. The van der Waals surface area contributed by atoms with Crippen molar-refractivity contribution in [1.82, 2.24) is 4.90 Å². The van der Waals surface area contributed by atoms with Gasteiger partial charge in [-0.15, -0.1) is 0 Å². The Labute approximate surface area is 196 Å². The molecule has 2 heterocycles. The quantitative estimate of drug-likeness (QED) is 0.584. The first-order valence-corrected chi connectivity index (χ1v) is 11.1.